The average molecular weight is 251 g/mol. The van der Waals surface area contributed by atoms with Gasteiger partial charge in [-0.1, -0.05) is 6.92 Å². The van der Waals surface area contributed by atoms with E-state index in [4.69, 9.17) is 0 Å². The van der Waals surface area contributed by atoms with Gasteiger partial charge in [-0.15, -0.1) is 0 Å². The molecular weight excluding hydrogens is 230 g/mol. The van der Waals surface area contributed by atoms with Crippen molar-refractivity contribution in [1.29, 1.82) is 0 Å². The van der Waals surface area contributed by atoms with Gasteiger partial charge in [-0.2, -0.15) is 0 Å². The zero-order valence-electron chi connectivity index (χ0n) is 10.2. The Bertz CT molecular complexity index is 300. The zero-order chi connectivity index (χ0) is 12.6. The number of ether oxygens (including phenoxy) is 1. The molecule has 0 fully saturated rings. The normalized spacial score (nSPS) is 13.4. The van der Waals surface area contributed by atoms with Crippen molar-refractivity contribution in [3.8, 4) is 0 Å². The molecule has 0 amide bonds. The molecule has 0 aromatic rings. The number of esters is 1. The van der Waals surface area contributed by atoms with Gasteiger partial charge in [-0.25, -0.2) is 8.42 Å². The molecular formula is C10H21NO4S. The van der Waals surface area contributed by atoms with E-state index in [1.807, 2.05) is 13.8 Å². The molecule has 0 aliphatic heterocycles. The van der Waals surface area contributed by atoms with Crippen LogP contribution in [0.25, 0.3) is 0 Å². The molecule has 96 valence electrons. The Labute approximate surface area is 97.5 Å². The molecule has 0 saturated heterocycles. The smallest absolute Gasteiger partial charge is 0.306 e. The molecule has 6 heteroatoms. The Balaban J connectivity index is 3.92. The van der Waals surface area contributed by atoms with Gasteiger partial charge in [0.05, 0.1) is 25.0 Å². The van der Waals surface area contributed by atoms with Crippen LogP contribution >= 0.6 is 0 Å². The quantitative estimate of drug-likeness (QED) is 0.630. The van der Waals surface area contributed by atoms with Crippen molar-refractivity contribution in [3.05, 3.63) is 0 Å². The molecule has 0 saturated carbocycles. The lowest BCUT2D eigenvalue weighted by Crippen LogP contribution is -2.28. The molecule has 16 heavy (non-hydrogen) atoms. The van der Waals surface area contributed by atoms with Crippen LogP contribution in [0.5, 0.6) is 0 Å². The highest BCUT2D eigenvalue weighted by atomic mass is 32.2. The van der Waals surface area contributed by atoms with E-state index in [2.05, 4.69) is 10.1 Å². The van der Waals surface area contributed by atoms with Crippen LogP contribution in [0.3, 0.4) is 0 Å². The van der Waals surface area contributed by atoms with E-state index in [1.165, 1.54) is 7.11 Å². The number of nitrogens with one attached hydrogen (secondary N) is 1. The Kier molecular flexibility index (Phi) is 7.33. The molecule has 1 N–H and O–H groups in total. The minimum Gasteiger partial charge on any atom is -0.469 e. The summed E-state index contributed by atoms with van der Waals surface area (Å²) < 4.78 is 27.4. The van der Waals surface area contributed by atoms with Crippen LogP contribution in [-0.2, 0) is 19.4 Å². The van der Waals surface area contributed by atoms with Crippen LogP contribution in [0.2, 0.25) is 0 Å². The second-order valence-electron chi connectivity index (χ2n) is 3.73. The second-order valence-corrected chi connectivity index (χ2v) is 6.03. The number of methoxy groups -OCH3 is 1. The van der Waals surface area contributed by atoms with Gasteiger partial charge in [0, 0.05) is 6.04 Å². The second kappa shape index (κ2) is 7.62. The molecule has 1 atom stereocenters. The van der Waals surface area contributed by atoms with Crippen molar-refractivity contribution in [2.24, 2.45) is 0 Å². The zero-order valence-corrected chi connectivity index (χ0v) is 11.0. The molecule has 0 aliphatic rings. The summed E-state index contributed by atoms with van der Waals surface area (Å²) in [6.45, 7) is 4.74. The minimum absolute atomic E-state index is 0.0611. The molecule has 0 bridgehead atoms. The highest BCUT2D eigenvalue weighted by Gasteiger charge is 2.15. The molecule has 5 nitrogen and oxygen atoms in total. The number of hydrogen-bond donors (Lipinski definition) is 1. The van der Waals surface area contributed by atoms with Gasteiger partial charge in [0.25, 0.3) is 0 Å². The van der Waals surface area contributed by atoms with Crippen molar-refractivity contribution in [2.75, 3.05) is 25.2 Å². The van der Waals surface area contributed by atoms with Gasteiger partial charge < -0.3 is 10.1 Å². The topological polar surface area (TPSA) is 72.5 Å². The predicted molar refractivity (Wildman–Crippen MR) is 63.0 cm³/mol. The lowest BCUT2D eigenvalue weighted by atomic mass is 10.3. The maximum absolute atomic E-state index is 11.5. The van der Waals surface area contributed by atoms with Gasteiger partial charge >= 0.3 is 5.97 Å². The maximum Gasteiger partial charge on any atom is 0.306 e. The molecule has 0 aromatic heterocycles. The first-order valence-electron chi connectivity index (χ1n) is 5.42. The average Bonchev–Trinajstić information content (AvgIpc) is 2.24. The van der Waals surface area contributed by atoms with E-state index >= 15 is 0 Å². The van der Waals surface area contributed by atoms with Crippen LogP contribution in [-0.4, -0.2) is 45.6 Å². The van der Waals surface area contributed by atoms with E-state index in [1.54, 1.807) is 0 Å². The Morgan fingerprint density at radius 2 is 2.00 bits per heavy atom. The maximum atomic E-state index is 11.5. The summed E-state index contributed by atoms with van der Waals surface area (Å²) in [4.78, 5) is 10.8. The van der Waals surface area contributed by atoms with Crippen molar-refractivity contribution in [1.82, 2.24) is 5.32 Å². The fraction of sp³-hybridized carbons (Fsp3) is 0.900. The Morgan fingerprint density at radius 1 is 1.38 bits per heavy atom. The number of rotatable bonds is 8. The van der Waals surface area contributed by atoms with Crippen LogP contribution in [0, 0.1) is 0 Å². The van der Waals surface area contributed by atoms with Crippen molar-refractivity contribution in [3.63, 3.8) is 0 Å². The van der Waals surface area contributed by atoms with Crippen LogP contribution < -0.4 is 5.32 Å². The molecule has 0 heterocycles. The summed E-state index contributed by atoms with van der Waals surface area (Å²) in [5.41, 5.74) is 0. The van der Waals surface area contributed by atoms with Crippen LogP contribution in [0.15, 0.2) is 0 Å². The molecule has 0 spiro atoms. The summed E-state index contributed by atoms with van der Waals surface area (Å²) in [5.74, 6) is -0.500. The molecule has 0 aliphatic carbocycles. The summed E-state index contributed by atoms with van der Waals surface area (Å²) in [7, 11) is -1.89. The third-order valence-corrected chi connectivity index (χ3v) is 3.94. The number of carbonyl (C=O) groups excluding carboxylic acids is 1. The lowest BCUT2D eigenvalue weighted by molar-refractivity contribution is -0.140. The van der Waals surface area contributed by atoms with Crippen LogP contribution in [0.1, 0.15) is 26.7 Å². The van der Waals surface area contributed by atoms with E-state index in [0.717, 1.165) is 6.54 Å². The molecule has 0 aromatic carbocycles. The van der Waals surface area contributed by atoms with Gasteiger partial charge in [-0.05, 0) is 19.9 Å². The van der Waals surface area contributed by atoms with Crippen LogP contribution in [0.4, 0.5) is 0 Å². The van der Waals surface area contributed by atoms with Crippen molar-refractivity contribution in [2.45, 2.75) is 32.7 Å². The third-order valence-electron chi connectivity index (χ3n) is 2.26. The van der Waals surface area contributed by atoms with E-state index in [0.29, 0.717) is 6.42 Å². The first-order chi connectivity index (χ1) is 7.41. The predicted octanol–water partition coefficient (Wildman–Crippen LogP) is 0.352. The lowest BCUT2D eigenvalue weighted by Gasteiger charge is -2.11. The summed E-state index contributed by atoms with van der Waals surface area (Å²) in [6.07, 6.45) is 0.506. The molecule has 1 unspecified atom stereocenters. The van der Waals surface area contributed by atoms with E-state index in [9.17, 15) is 13.2 Å². The highest BCUT2D eigenvalue weighted by molar-refractivity contribution is 7.91. The highest BCUT2D eigenvalue weighted by Crippen LogP contribution is 2.01. The minimum atomic E-state index is -3.14. The van der Waals surface area contributed by atoms with E-state index in [-0.39, 0.29) is 24.0 Å². The summed E-state index contributed by atoms with van der Waals surface area (Å²) in [6, 6.07) is 0.179. The number of hydrogen-bond acceptors (Lipinski definition) is 5. The number of carbonyl (C=O) groups is 1. The van der Waals surface area contributed by atoms with Gasteiger partial charge in [0.2, 0.25) is 0 Å². The Morgan fingerprint density at radius 3 is 2.50 bits per heavy atom. The summed E-state index contributed by atoms with van der Waals surface area (Å²) >= 11 is 0. The molecule has 0 rings (SSSR count). The Hall–Kier alpha value is -0.620. The third kappa shape index (κ3) is 7.64. The van der Waals surface area contributed by atoms with E-state index < -0.39 is 15.8 Å². The summed E-state index contributed by atoms with van der Waals surface area (Å²) in [5, 5.41) is 3.14. The monoisotopic (exact) mass is 251 g/mol. The number of sulfone groups is 1. The largest absolute Gasteiger partial charge is 0.469 e. The SMILES string of the molecule is CCNC(C)CCS(=O)(=O)CCC(=O)OC. The molecule has 0 radical (unpaired) electrons. The fourth-order valence-electron chi connectivity index (χ4n) is 1.25. The van der Waals surface area contributed by atoms with Crippen molar-refractivity contribution < 1.29 is 17.9 Å². The van der Waals surface area contributed by atoms with Gasteiger partial charge in [0.1, 0.15) is 0 Å². The standard InChI is InChI=1S/C10H21NO4S/c1-4-11-9(2)5-7-16(13,14)8-6-10(12)15-3/h9,11H,4-8H2,1-3H3. The first kappa shape index (κ1) is 15.4. The van der Waals surface area contributed by atoms with Gasteiger partial charge in [0.15, 0.2) is 9.84 Å². The van der Waals surface area contributed by atoms with Crippen molar-refractivity contribution >= 4 is 15.8 Å². The van der Waals surface area contributed by atoms with Gasteiger partial charge in [-0.3, -0.25) is 4.79 Å². The fourth-order valence-corrected chi connectivity index (χ4v) is 2.64. The first-order valence-corrected chi connectivity index (χ1v) is 7.24.